The first-order chi connectivity index (χ1) is 11.5. The van der Waals surface area contributed by atoms with Crippen molar-refractivity contribution >= 4 is 26.6 Å². The number of benzene rings is 1. The first-order valence-electron chi connectivity index (χ1n) is 7.71. The van der Waals surface area contributed by atoms with Gasteiger partial charge in [-0.05, 0) is 50.0 Å². The van der Waals surface area contributed by atoms with Gasteiger partial charge in [0.25, 0.3) is 5.69 Å². The van der Waals surface area contributed by atoms with Crippen LogP contribution in [-0.2, 0) is 10.0 Å². The fourth-order valence-electron chi connectivity index (χ4n) is 2.94. The van der Waals surface area contributed by atoms with Crippen molar-refractivity contribution in [3.8, 4) is 0 Å². The summed E-state index contributed by atoms with van der Waals surface area (Å²) in [5.41, 5.74) is -0.0455. The normalized spacial score (nSPS) is 18.1. The predicted molar refractivity (Wildman–Crippen MR) is 89.2 cm³/mol. The smallest absolute Gasteiger partial charge is 0.278 e. The van der Waals surface area contributed by atoms with E-state index < -0.39 is 14.9 Å². The van der Waals surface area contributed by atoms with Crippen molar-refractivity contribution < 1.29 is 13.3 Å². The lowest BCUT2D eigenvalue weighted by atomic mass is 10.1. The lowest BCUT2D eigenvalue weighted by Gasteiger charge is -2.11. The summed E-state index contributed by atoms with van der Waals surface area (Å²) in [4.78, 5) is 14.6. The minimum atomic E-state index is -3.78. The zero-order chi connectivity index (χ0) is 17.2. The first kappa shape index (κ1) is 16.7. The van der Waals surface area contributed by atoms with Crippen LogP contribution in [0, 0.1) is 16.0 Å². The number of nitrogens with zero attached hydrogens (tertiary/aromatic N) is 2. The molecule has 1 fully saturated rings. The molecule has 1 aliphatic rings. The molecule has 0 radical (unpaired) electrons. The summed E-state index contributed by atoms with van der Waals surface area (Å²) in [5, 5.41) is 14.6. The Kier molecular flexibility index (Phi) is 4.74. The Balaban J connectivity index is 1.87. The molecule has 2 N–H and O–H groups in total. The van der Waals surface area contributed by atoms with Crippen LogP contribution in [0.2, 0.25) is 0 Å². The van der Waals surface area contributed by atoms with E-state index in [9.17, 15) is 18.5 Å². The van der Waals surface area contributed by atoms with Crippen molar-refractivity contribution in [1.29, 1.82) is 0 Å². The van der Waals surface area contributed by atoms with Crippen LogP contribution in [-0.4, -0.2) is 38.0 Å². The third-order valence-electron chi connectivity index (χ3n) is 4.20. The number of nitrogens with one attached hydrogen (secondary N) is 2. The molecule has 1 aliphatic heterocycles. The monoisotopic (exact) mass is 350 g/mol. The highest BCUT2D eigenvalue weighted by atomic mass is 32.2. The van der Waals surface area contributed by atoms with E-state index in [1.807, 2.05) is 0 Å². The third-order valence-corrected chi connectivity index (χ3v) is 5.70. The fourth-order valence-corrected chi connectivity index (χ4v) is 4.15. The zero-order valence-electron chi connectivity index (χ0n) is 12.9. The SMILES string of the molecule is O=[N+]([O-])c1ccc(S(=O)(=O)NCCC2CCNC2)c2ncccc12. The van der Waals surface area contributed by atoms with Crippen LogP contribution >= 0.6 is 0 Å². The molecule has 9 heteroatoms. The van der Waals surface area contributed by atoms with Crippen molar-refractivity contribution in [2.45, 2.75) is 17.7 Å². The predicted octanol–water partition coefficient (Wildman–Crippen LogP) is 1.42. The summed E-state index contributed by atoms with van der Waals surface area (Å²) in [7, 11) is -3.78. The average Bonchev–Trinajstić information content (AvgIpc) is 3.06. The molecule has 0 amide bonds. The second-order valence-electron chi connectivity index (χ2n) is 5.78. The van der Waals surface area contributed by atoms with Gasteiger partial charge in [-0.15, -0.1) is 0 Å². The van der Waals surface area contributed by atoms with E-state index in [4.69, 9.17) is 0 Å². The van der Waals surface area contributed by atoms with Crippen molar-refractivity contribution in [3.63, 3.8) is 0 Å². The van der Waals surface area contributed by atoms with Crippen LogP contribution in [0.15, 0.2) is 35.4 Å². The Morgan fingerprint density at radius 3 is 2.92 bits per heavy atom. The Bertz CT molecular complexity index is 863. The number of sulfonamides is 1. The average molecular weight is 350 g/mol. The quantitative estimate of drug-likeness (QED) is 0.601. The number of rotatable bonds is 6. The molecule has 1 saturated heterocycles. The van der Waals surface area contributed by atoms with Crippen molar-refractivity contribution in [2.24, 2.45) is 5.92 Å². The van der Waals surface area contributed by atoms with Crippen LogP contribution in [0.4, 0.5) is 5.69 Å². The van der Waals surface area contributed by atoms with E-state index in [0.717, 1.165) is 25.9 Å². The summed E-state index contributed by atoms with van der Waals surface area (Å²) in [5.74, 6) is 0.472. The number of nitro groups is 1. The molecule has 0 bridgehead atoms. The standard InChI is InChI=1S/C15H18N4O4S/c20-19(21)13-3-4-14(15-12(13)2-1-7-17-15)24(22,23)18-9-6-11-5-8-16-10-11/h1-4,7,11,16,18H,5-6,8-10H2. The van der Waals surface area contributed by atoms with Crippen LogP contribution < -0.4 is 10.0 Å². The van der Waals surface area contributed by atoms with E-state index >= 15 is 0 Å². The number of aromatic nitrogens is 1. The molecular weight excluding hydrogens is 332 g/mol. The highest BCUT2D eigenvalue weighted by molar-refractivity contribution is 7.89. The van der Waals surface area contributed by atoms with Crippen LogP contribution in [0.1, 0.15) is 12.8 Å². The van der Waals surface area contributed by atoms with Gasteiger partial charge >= 0.3 is 0 Å². The number of pyridine rings is 1. The van der Waals surface area contributed by atoms with Crippen molar-refractivity contribution in [2.75, 3.05) is 19.6 Å². The van der Waals surface area contributed by atoms with Gasteiger partial charge in [-0.3, -0.25) is 15.1 Å². The van der Waals surface area contributed by atoms with Gasteiger partial charge in [-0.2, -0.15) is 0 Å². The molecule has 24 heavy (non-hydrogen) atoms. The lowest BCUT2D eigenvalue weighted by Crippen LogP contribution is -2.27. The zero-order valence-corrected chi connectivity index (χ0v) is 13.8. The molecule has 128 valence electrons. The molecule has 0 aliphatic carbocycles. The second kappa shape index (κ2) is 6.80. The highest BCUT2D eigenvalue weighted by Gasteiger charge is 2.23. The Morgan fingerprint density at radius 2 is 2.21 bits per heavy atom. The highest BCUT2D eigenvalue weighted by Crippen LogP contribution is 2.29. The molecule has 1 aromatic heterocycles. The number of non-ortho nitro benzene ring substituents is 1. The van der Waals surface area contributed by atoms with Crippen LogP contribution in [0.5, 0.6) is 0 Å². The molecule has 2 aromatic rings. The summed E-state index contributed by atoms with van der Waals surface area (Å²) in [6, 6.07) is 5.50. The van der Waals surface area contributed by atoms with Gasteiger partial charge in [-0.1, -0.05) is 0 Å². The molecular formula is C15H18N4O4S. The van der Waals surface area contributed by atoms with E-state index in [2.05, 4.69) is 15.0 Å². The van der Waals surface area contributed by atoms with Gasteiger partial charge in [0.2, 0.25) is 10.0 Å². The number of hydrogen-bond acceptors (Lipinski definition) is 6. The van der Waals surface area contributed by atoms with Gasteiger partial charge in [-0.25, -0.2) is 13.1 Å². The summed E-state index contributed by atoms with van der Waals surface area (Å²) in [6.45, 7) is 2.21. The molecule has 1 aromatic carbocycles. The topological polar surface area (TPSA) is 114 Å². The van der Waals surface area contributed by atoms with Gasteiger partial charge in [0.1, 0.15) is 4.90 Å². The van der Waals surface area contributed by atoms with Crippen molar-refractivity contribution in [1.82, 2.24) is 15.0 Å². The van der Waals surface area contributed by atoms with Crippen LogP contribution in [0.25, 0.3) is 10.9 Å². The van der Waals surface area contributed by atoms with Crippen LogP contribution in [0.3, 0.4) is 0 Å². The first-order valence-corrected chi connectivity index (χ1v) is 9.20. The fraction of sp³-hybridized carbons (Fsp3) is 0.400. The molecule has 2 heterocycles. The van der Waals surface area contributed by atoms with E-state index in [1.54, 1.807) is 6.07 Å². The largest absolute Gasteiger partial charge is 0.316 e. The minimum Gasteiger partial charge on any atom is -0.316 e. The van der Waals surface area contributed by atoms with E-state index in [-0.39, 0.29) is 21.5 Å². The lowest BCUT2D eigenvalue weighted by molar-refractivity contribution is -0.383. The molecule has 0 spiro atoms. The Hall–Kier alpha value is -2.10. The van der Waals surface area contributed by atoms with Gasteiger partial charge in [0.15, 0.2) is 0 Å². The molecule has 1 atom stereocenters. The van der Waals surface area contributed by atoms with E-state index in [0.29, 0.717) is 12.5 Å². The molecule has 3 rings (SSSR count). The summed E-state index contributed by atoms with van der Waals surface area (Å²) >= 11 is 0. The molecule has 8 nitrogen and oxygen atoms in total. The maximum atomic E-state index is 12.6. The second-order valence-corrected chi connectivity index (χ2v) is 7.52. The summed E-state index contributed by atoms with van der Waals surface area (Å²) < 4.78 is 27.7. The van der Waals surface area contributed by atoms with Gasteiger partial charge in [0, 0.05) is 18.8 Å². The Morgan fingerprint density at radius 1 is 1.38 bits per heavy atom. The number of nitro benzene ring substituents is 1. The third kappa shape index (κ3) is 3.37. The van der Waals surface area contributed by atoms with Gasteiger partial charge < -0.3 is 5.32 Å². The number of hydrogen-bond donors (Lipinski definition) is 2. The minimum absolute atomic E-state index is 0.0340. The van der Waals surface area contributed by atoms with E-state index in [1.165, 1.54) is 24.4 Å². The molecule has 0 saturated carbocycles. The van der Waals surface area contributed by atoms with Gasteiger partial charge in [0.05, 0.1) is 15.8 Å². The Labute approximate surface area is 139 Å². The maximum Gasteiger partial charge on any atom is 0.278 e. The maximum absolute atomic E-state index is 12.6. The molecule has 1 unspecified atom stereocenters. The number of fused-ring (bicyclic) bond motifs is 1. The summed E-state index contributed by atoms with van der Waals surface area (Å²) in [6.07, 6.45) is 3.23. The van der Waals surface area contributed by atoms with Crippen molar-refractivity contribution in [3.05, 3.63) is 40.6 Å².